The van der Waals surface area contributed by atoms with Crippen LogP contribution in [0.4, 0.5) is 0 Å². The predicted molar refractivity (Wildman–Crippen MR) is 135 cm³/mol. The summed E-state index contributed by atoms with van der Waals surface area (Å²) in [4.78, 5) is 12.1. The van der Waals surface area contributed by atoms with Crippen LogP contribution >= 0.6 is 0 Å². The van der Waals surface area contributed by atoms with Crippen LogP contribution in [-0.2, 0) is 6.42 Å². The second-order valence-electron chi connectivity index (χ2n) is 8.69. The van der Waals surface area contributed by atoms with Crippen molar-refractivity contribution in [2.24, 2.45) is 0 Å². The Morgan fingerprint density at radius 3 is 2.18 bits per heavy atom. The Bertz CT molecular complexity index is 826. The molecule has 2 rings (SSSR count). The molecule has 0 amide bonds. The van der Waals surface area contributed by atoms with Crippen LogP contribution in [0.1, 0.15) is 93.5 Å². The molecule has 0 bridgehead atoms. The summed E-state index contributed by atoms with van der Waals surface area (Å²) in [6.07, 6.45) is 16.5. The Hall–Kier alpha value is -2.59. The smallest absolute Gasteiger partial charge is 0.217 e. The molecule has 2 aromatic rings. The van der Waals surface area contributed by atoms with Crippen LogP contribution in [0.2, 0.25) is 0 Å². The number of aromatic hydroxyl groups is 1. The predicted octanol–water partition coefficient (Wildman–Crippen LogP) is 7.38. The fourth-order valence-corrected chi connectivity index (χ4v) is 3.82. The Labute approximate surface area is 199 Å². The van der Waals surface area contributed by atoms with Crippen LogP contribution in [0.25, 0.3) is 0 Å². The van der Waals surface area contributed by atoms with Crippen molar-refractivity contribution in [3.8, 4) is 11.5 Å². The van der Waals surface area contributed by atoms with Gasteiger partial charge in [0.25, 0.3) is 0 Å². The molecule has 180 valence electrons. The lowest BCUT2D eigenvalue weighted by Gasteiger charge is -2.10. The second kappa shape index (κ2) is 16.1. The first-order chi connectivity index (χ1) is 16.1. The first kappa shape index (κ1) is 26.7. The van der Waals surface area contributed by atoms with Gasteiger partial charge in [-0.25, -0.2) is 0 Å². The minimum Gasteiger partial charge on any atom is -0.508 e. The molecule has 4 heteroatoms. The highest BCUT2D eigenvalue weighted by molar-refractivity contribution is 5.97. The van der Waals surface area contributed by atoms with Crippen LogP contribution in [0.5, 0.6) is 11.5 Å². The summed E-state index contributed by atoms with van der Waals surface area (Å²) in [5, 5.41) is 19.5. The van der Waals surface area contributed by atoms with Crippen LogP contribution < -0.4 is 4.74 Å². The van der Waals surface area contributed by atoms with E-state index in [1.165, 1.54) is 88.0 Å². The lowest BCUT2D eigenvalue weighted by atomic mass is 10.0. The van der Waals surface area contributed by atoms with E-state index < -0.39 is 6.29 Å². The highest BCUT2D eigenvalue weighted by atomic mass is 16.6. The minimum atomic E-state index is -1.12. The number of aryl methyl sites for hydroxylation is 1. The van der Waals surface area contributed by atoms with Crippen molar-refractivity contribution in [1.29, 1.82) is 0 Å². The van der Waals surface area contributed by atoms with E-state index in [1.807, 2.05) is 24.3 Å². The van der Waals surface area contributed by atoms with Gasteiger partial charge in [0.05, 0.1) is 0 Å². The molecule has 0 heterocycles. The van der Waals surface area contributed by atoms with E-state index in [0.717, 1.165) is 6.42 Å². The van der Waals surface area contributed by atoms with Crippen molar-refractivity contribution >= 4 is 5.78 Å². The van der Waals surface area contributed by atoms with E-state index in [9.17, 15) is 15.0 Å². The first-order valence-electron chi connectivity index (χ1n) is 12.5. The number of phenolic OH excluding ortho intramolecular Hbond substituents is 1. The number of Topliss-reactive ketones (excluding diaryl/α,β-unsaturated/α-hetero) is 1. The van der Waals surface area contributed by atoms with Crippen LogP contribution in [0.15, 0.2) is 60.7 Å². The summed E-state index contributed by atoms with van der Waals surface area (Å²) in [5.74, 6) is 0.522. The Balaban J connectivity index is 1.59. The zero-order valence-corrected chi connectivity index (χ0v) is 20.0. The molecule has 2 aromatic carbocycles. The molecule has 4 nitrogen and oxygen atoms in total. The van der Waals surface area contributed by atoms with Gasteiger partial charge < -0.3 is 14.9 Å². The number of hydrogen-bond donors (Lipinski definition) is 2. The Morgan fingerprint density at radius 2 is 1.55 bits per heavy atom. The fraction of sp³-hybridized carbons (Fsp3) is 0.483. The standard InChI is InChI=1S/C29H40O4/c1-2-3-4-5-6-7-8-9-10-11-14-24-19-21-27(22-20-24)33-29(32)18-13-17-28(31)25-15-12-16-26(30)23-25/h12-13,15-16,18-23,29-30,32H,2-11,14,17H2,1H3. The summed E-state index contributed by atoms with van der Waals surface area (Å²) < 4.78 is 5.50. The molecule has 0 aromatic heterocycles. The molecule has 0 radical (unpaired) electrons. The summed E-state index contributed by atoms with van der Waals surface area (Å²) in [5.41, 5.74) is 1.72. The maximum Gasteiger partial charge on any atom is 0.217 e. The molecular weight excluding hydrogens is 412 g/mol. The molecule has 0 spiro atoms. The third-order valence-corrected chi connectivity index (χ3v) is 5.77. The van der Waals surface area contributed by atoms with E-state index in [2.05, 4.69) is 6.92 Å². The molecule has 0 aliphatic heterocycles. The molecule has 1 unspecified atom stereocenters. The molecule has 0 fully saturated rings. The fourth-order valence-electron chi connectivity index (χ4n) is 3.82. The molecule has 2 N–H and O–H groups in total. The van der Waals surface area contributed by atoms with Crippen LogP contribution in [0, 0.1) is 0 Å². The average Bonchev–Trinajstić information content (AvgIpc) is 2.81. The zero-order valence-electron chi connectivity index (χ0n) is 20.0. The number of carbonyl (C=O) groups is 1. The first-order valence-corrected chi connectivity index (χ1v) is 12.5. The van der Waals surface area contributed by atoms with E-state index >= 15 is 0 Å². The van der Waals surface area contributed by atoms with Crippen molar-refractivity contribution in [3.63, 3.8) is 0 Å². The molecule has 0 saturated carbocycles. The topological polar surface area (TPSA) is 66.8 Å². The molecule has 0 saturated heterocycles. The SMILES string of the molecule is CCCCCCCCCCCCc1ccc(OC(O)C=CCC(=O)c2cccc(O)c2)cc1. The normalized spacial score (nSPS) is 12.2. The van der Waals surface area contributed by atoms with Gasteiger partial charge in [-0.2, -0.15) is 0 Å². The van der Waals surface area contributed by atoms with Gasteiger partial charge in [-0.05, 0) is 48.7 Å². The number of allylic oxidation sites excluding steroid dienone is 1. The zero-order chi connectivity index (χ0) is 23.7. The van der Waals surface area contributed by atoms with Gasteiger partial charge in [0.2, 0.25) is 6.29 Å². The van der Waals surface area contributed by atoms with Gasteiger partial charge in [-0.1, -0.05) is 95.1 Å². The average molecular weight is 453 g/mol. The maximum atomic E-state index is 12.1. The number of rotatable bonds is 17. The van der Waals surface area contributed by atoms with Gasteiger partial charge in [0.15, 0.2) is 5.78 Å². The van der Waals surface area contributed by atoms with Crippen molar-refractivity contribution in [1.82, 2.24) is 0 Å². The number of benzene rings is 2. The number of ether oxygens (including phenoxy) is 1. The Kier molecular flexibility index (Phi) is 13.0. The minimum absolute atomic E-state index is 0.0600. The van der Waals surface area contributed by atoms with E-state index in [4.69, 9.17) is 4.74 Å². The third-order valence-electron chi connectivity index (χ3n) is 5.77. The van der Waals surface area contributed by atoms with Gasteiger partial charge in [0, 0.05) is 12.0 Å². The molecule has 1 atom stereocenters. The number of aliphatic hydroxyl groups excluding tert-OH is 1. The second-order valence-corrected chi connectivity index (χ2v) is 8.69. The monoisotopic (exact) mass is 452 g/mol. The third kappa shape index (κ3) is 11.7. The van der Waals surface area contributed by atoms with E-state index in [1.54, 1.807) is 18.2 Å². The van der Waals surface area contributed by atoms with Gasteiger partial charge in [0.1, 0.15) is 11.5 Å². The lowest BCUT2D eigenvalue weighted by molar-refractivity contribution is 0.0246. The van der Waals surface area contributed by atoms with Gasteiger partial charge >= 0.3 is 0 Å². The largest absolute Gasteiger partial charge is 0.508 e. The number of ketones is 1. The van der Waals surface area contributed by atoms with Gasteiger partial charge in [-0.15, -0.1) is 0 Å². The number of unbranched alkanes of at least 4 members (excludes halogenated alkanes) is 9. The number of aliphatic hydroxyl groups is 1. The molecule has 0 aliphatic carbocycles. The van der Waals surface area contributed by atoms with E-state index in [-0.39, 0.29) is 18.0 Å². The lowest BCUT2D eigenvalue weighted by Crippen LogP contribution is -2.12. The molecule has 33 heavy (non-hydrogen) atoms. The highest BCUT2D eigenvalue weighted by Crippen LogP contribution is 2.17. The summed E-state index contributed by atoms with van der Waals surface area (Å²) in [7, 11) is 0. The number of hydrogen-bond acceptors (Lipinski definition) is 4. The number of phenols is 1. The number of carbonyl (C=O) groups excluding carboxylic acids is 1. The van der Waals surface area contributed by atoms with Crippen molar-refractivity contribution in [2.45, 2.75) is 90.3 Å². The summed E-state index contributed by atoms with van der Waals surface area (Å²) >= 11 is 0. The van der Waals surface area contributed by atoms with Crippen molar-refractivity contribution in [2.75, 3.05) is 0 Å². The summed E-state index contributed by atoms with van der Waals surface area (Å²) in [6.45, 7) is 2.26. The van der Waals surface area contributed by atoms with Crippen LogP contribution in [-0.4, -0.2) is 22.3 Å². The summed E-state index contributed by atoms with van der Waals surface area (Å²) in [6, 6.07) is 14.1. The van der Waals surface area contributed by atoms with Gasteiger partial charge in [-0.3, -0.25) is 4.79 Å². The molecule has 0 aliphatic rings. The Morgan fingerprint density at radius 1 is 0.909 bits per heavy atom. The van der Waals surface area contributed by atoms with Crippen molar-refractivity contribution in [3.05, 3.63) is 71.8 Å². The quantitative estimate of drug-likeness (QED) is 0.114. The highest BCUT2D eigenvalue weighted by Gasteiger charge is 2.06. The van der Waals surface area contributed by atoms with E-state index in [0.29, 0.717) is 11.3 Å². The van der Waals surface area contributed by atoms with Crippen LogP contribution in [0.3, 0.4) is 0 Å². The molecular formula is C29H40O4. The maximum absolute atomic E-state index is 12.1. The van der Waals surface area contributed by atoms with Crippen molar-refractivity contribution < 1.29 is 19.7 Å².